The van der Waals surface area contributed by atoms with Gasteiger partial charge in [0, 0.05) is 43.4 Å². The lowest BCUT2D eigenvalue weighted by atomic mass is 9.90. The van der Waals surface area contributed by atoms with Crippen molar-refractivity contribution in [3.05, 3.63) is 48.3 Å². The Morgan fingerprint density at radius 2 is 1.85 bits per heavy atom. The molecule has 2 aromatic rings. The Morgan fingerprint density at radius 1 is 1.12 bits per heavy atom. The van der Waals surface area contributed by atoms with Crippen molar-refractivity contribution in [2.45, 2.75) is 51.6 Å². The van der Waals surface area contributed by atoms with Gasteiger partial charge in [0.2, 0.25) is 5.91 Å². The Bertz CT molecular complexity index is 991. The molecule has 34 heavy (non-hydrogen) atoms. The quantitative estimate of drug-likeness (QED) is 0.709. The Labute approximate surface area is 201 Å². The van der Waals surface area contributed by atoms with Crippen molar-refractivity contribution in [2.24, 2.45) is 11.3 Å². The van der Waals surface area contributed by atoms with E-state index in [1.807, 2.05) is 36.0 Å². The van der Waals surface area contributed by atoms with Crippen molar-refractivity contribution >= 4 is 12.0 Å². The Kier molecular flexibility index (Phi) is 6.59. The number of aromatic nitrogens is 2. The van der Waals surface area contributed by atoms with Crippen LogP contribution in [-0.4, -0.2) is 70.4 Å². The molecule has 1 unspecified atom stereocenters. The molecule has 5 rings (SSSR count). The first-order valence-corrected chi connectivity index (χ1v) is 12.6. The summed E-state index contributed by atoms with van der Waals surface area (Å²) in [6, 6.07) is 10.3. The van der Waals surface area contributed by atoms with E-state index in [0.29, 0.717) is 19.7 Å². The molecule has 3 heterocycles. The van der Waals surface area contributed by atoms with E-state index in [9.17, 15) is 9.59 Å². The number of likely N-dealkylation sites (tertiary alicyclic amines) is 2. The van der Waals surface area contributed by atoms with Crippen molar-refractivity contribution in [3.63, 3.8) is 0 Å². The van der Waals surface area contributed by atoms with Crippen molar-refractivity contribution in [1.82, 2.24) is 24.9 Å². The van der Waals surface area contributed by atoms with Crippen molar-refractivity contribution in [3.8, 4) is 5.69 Å². The van der Waals surface area contributed by atoms with E-state index < -0.39 is 0 Å². The fraction of sp³-hybridized carbons (Fsp3) is 0.577. The van der Waals surface area contributed by atoms with E-state index in [4.69, 9.17) is 4.74 Å². The summed E-state index contributed by atoms with van der Waals surface area (Å²) in [4.78, 5) is 29.0. The van der Waals surface area contributed by atoms with Crippen LogP contribution in [0.3, 0.4) is 0 Å². The van der Waals surface area contributed by atoms with E-state index in [1.54, 1.807) is 4.90 Å². The number of carbonyl (C=O) groups is 2. The van der Waals surface area contributed by atoms with Crippen molar-refractivity contribution < 1.29 is 14.3 Å². The van der Waals surface area contributed by atoms with Crippen LogP contribution >= 0.6 is 0 Å². The Hall–Kier alpha value is -2.87. The van der Waals surface area contributed by atoms with Gasteiger partial charge >= 0.3 is 6.09 Å². The van der Waals surface area contributed by atoms with Crippen molar-refractivity contribution in [1.29, 1.82) is 0 Å². The van der Waals surface area contributed by atoms with E-state index in [2.05, 4.69) is 33.6 Å². The molecule has 1 spiro atoms. The van der Waals surface area contributed by atoms with Crippen LogP contribution in [0.4, 0.5) is 4.79 Å². The van der Waals surface area contributed by atoms with E-state index in [1.165, 1.54) is 5.56 Å². The first-order valence-electron chi connectivity index (χ1n) is 12.6. The number of para-hydroxylation sites is 1. The molecule has 0 bridgehead atoms. The van der Waals surface area contributed by atoms with Gasteiger partial charge in [0.15, 0.2) is 0 Å². The zero-order chi connectivity index (χ0) is 23.5. The summed E-state index contributed by atoms with van der Waals surface area (Å²) in [5, 5.41) is 7.79. The van der Waals surface area contributed by atoms with Gasteiger partial charge in [-0.25, -0.2) is 9.48 Å². The van der Waals surface area contributed by atoms with Crippen LogP contribution < -0.4 is 5.32 Å². The van der Waals surface area contributed by atoms with Crippen molar-refractivity contribution in [2.75, 3.05) is 32.8 Å². The molecule has 0 radical (unpaired) electrons. The van der Waals surface area contributed by atoms with Gasteiger partial charge in [-0.15, -0.1) is 0 Å². The highest BCUT2D eigenvalue weighted by Gasteiger charge is 2.58. The summed E-state index contributed by atoms with van der Waals surface area (Å²) in [5.74, 6) is 0.366. The fourth-order valence-electron chi connectivity index (χ4n) is 5.57. The minimum Gasteiger partial charge on any atom is -0.450 e. The van der Waals surface area contributed by atoms with E-state index in [0.717, 1.165) is 57.4 Å². The normalized spacial score (nSPS) is 22.5. The molecular weight excluding hydrogens is 430 g/mol. The molecule has 1 atom stereocenters. The van der Waals surface area contributed by atoms with Gasteiger partial charge in [-0.05, 0) is 69.7 Å². The number of hydrogen-bond acceptors (Lipinski definition) is 5. The number of carbonyl (C=O) groups excluding carboxylic acids is 2. The van der Waals surface area contributed by atoms with Gasteiger partial charge in [0.25, 0.3) is 0 Å². The smallest absolute Gasteiger partial charge is 0.409 e. The molecule has 1 aliphatic carbocycles. The number of ether oxygens (including phenoxy) is 1. The summed E-state index contributed by atoms with van der Waals surface area (Å²) < 4.78 is 7.01. The maximum atomic E-state index is 12.9. The third kappa shape index (κ3) is 4.97. The maximum absolute atomic E-state index is 12.9. The molecule has 182 valence electrons. The summed E-state index contributed by atoms with van der Waals surface area (Å²) >= 11 is 0. The monoisotopic (exact) mass is 465 g/mol. The molecule has 1 saturated carbocycles. The third-order valence-corrected chi connectivity index (χ3v) is 7.79. The Balaban J connectivity index is 1.05. The lowest BCUT2D eigenvalue weighted by Gasteiger charge is -2.33. The molecule has 3 aliphatic rings. The molecule has 2 amide bonds. The standard InChI is InChI=1S/C26H35N5O3/c1-2-34-25(33)30-12-8-21(9-13-30)28-24(32)23-16-26(23)10-14-29(15-11-26)18-20-17-27-31(19-20)22-6-4-3-5-7-22/h3-7,17,19,21,23H,2,8-16,18H2,1H3,(H,28,32). The highest BCUT2D eigenvalue weighted by Crippen LogP contribution is 2.59. The molecule has 1 N–H and O–H groups in total. The highest BCUT2D eigenvalue weighted by molar-refractivity contribution is 5.83. The SMILES string of the molecule is CCOC(=O)N1CCC(NC(=O)C2CC23CCN(Cc2cnn(-c4ccccc4)c2)CC3)CC1. The first kappa shape index (κ1) is 22.9. The maximum Gasteiger partial charge on any atom is 0.409 e. The predicted octanol–water partition coefficient (Wildman–Crippen LogP) is 3.21. The molecule has 8 nitrogen and oxygen atoms in total. The number of piperidine rings is 2. The number of hydrogen-bond donors (Lipinski definition) is 1. The lowest BCUT2D eigenvalue weighted by Crippen LogP contribution is -2.47. The summed E-state index contributed by atoms with van der Waals surface area (Å²) in [6.07, 6.45) is 8.60. The summed E-state index contributed by atoms with van der Waals surface area (Å²) in [5.41, 5.74) is 2.49. The second kappa shape index (κ2) is 9.78. The molecular formula is C26H35N5O3. The number of nitrogens with zero attached hydrogens (tertiary/aromatic N) is 4. The first-order chi connectivity index (χ1) is 16.6. The average Bonchev–Trinajstić information content (AvgIpc) is 3.36. The minimum absolute atomic E-state index is 0.151. The van der Waals surface area contributed by atoms with Crippen LogP contribution in [0.5, 0.6) is 0 Å². The number of rotatable bonds is 6. The zero-order valence-corrected chi connectivity index (χ0v) is 20.0. The summed E-state index contributed by atoms with van der Waals surface area (Å²) in [7, 11) is 0. The number of benzene rings is 1. The third-order valence-electron chi connectivity index (χ3n) is 7.79. The second-order valence-electron chi connectivity index (χ2n) is 9.99. The fourth-order valence-corrected chi connectivity index (χ4v) is 5.57. The minimum atomic E-state index is -0.243. The molecule has 8 heteroatoms. The zero-order valence-electron chi connectivity index (χ0n) is 20.0. The lowest BCUT2D eigenvalue weighted by molar-refractivity contribution is -0.124. The van der Waals surface area contributed by atoms with Crippen LogP contribution in [-0.2, 0) is 16.1 Å². The average molecular weight is 466 g/mol. The van der Waals surface area contributed by atoms with E-state index in [-0.39, 0.29) is 29.4 Å². The topological polar surface area (TPSA) is 79.7 Å². The molecule has 3 fully saturated rings. The van der Waals surface area contributed by atoms with Gasteiger partial charge in [-0.1, -0.05) is 18.2 Å². The highest BCUT2D eigenvalue weighted by atomic mass is 16.6. The molecule has 1 aromatic heterocycles. The van der Waals surface area contributed by atoms with Crippen LogP contribution in [0.25, 0.3) is 5.69 Å². The van der Waals surface area contributed by atoms with E-state index >= 15 is 0 Å². The number of nitrogens with one attached hydrogen (secondary N) is 1. The summed E-state index contributed by atoms with van der Waals surface area (Å²) in [6.45, 7) is 6.47. The van der Waals surface area contributed by atoms with Gasteiger partial charge in [0.1, 0.15) is 0 Å². The van der Waals surface area contributed by atoms with Crippen LogP contribution in [0, 0.1) is 11.3 Å². The molecule has 2 saturated heterocycles. The Morgan fingerprint density at radius 3 is 2.56 bits per heavy atom. The van der Waals surface area contributed by atoms with Gasteiger partial charge in [0.05, 0.1) is 18.5 Å². The van der Waals surface area contributed by atoms with Gasteiger partial charge in [-0.3, -0.25) is 9.69 Å². The van der Waals surface area contributed by atoms with Crippen LogP contribution in [0.2, 0.25) is 0 Å². The van der Waals surface area contributed by atoms with Crippen LogP contribution in [0.1, 0.15) is 44.6 Å². The van der Waals surface area contributed by atoms with Gasteiger partial charge < -0.3 is 15.0 Å². The largest absolute Gasteiger partial charge is 0.450 e. The molecule has 1 aromatic carbocycles. The second-order valence-corrected chi connectivity index (χ2v) is 9.99. The van der Waals surface area contributed by atoms with Crippen LogP contribution in [0.15, 0.2) is 42.7 Å². The molecule has 2 aliphatic heterocycles. The predicted molar refractivity (Wildman–Crippen MR) is 128 cm³/mol. The van der Waals surface area contributed by atoms with Gasteiger partial charge in [-0.2, -0.15) is 5.10 Å². The number of amides is 2.